The van der Waals surface area contributed by atoms with E-state index in [2.05, 4.69) is 32.7 Å². The van der Waals surface area contributed by atoms with Crippen molar-refractivity contribution in [1.29, 1.82) is 0 Å². The van der Waals surface area contributed by atoms with E-state index in [1.807, 2.05) is 18.2 Å². The molecule has 11 heteroatoms. The van der Waals surface area contributed by atoms with Crippen LogP contribution in [0, 0.1) is 0 Å². The lowest BCUT2D eigenvalue weighted by Gasteiger charge is -2.11. The number of nitrogens with zero attached hydrogens (tertiary/aromatic N) is 2. The minimum absolute atomic E-state index is 0.210. The average molecular weight is 453 g/mol. The van der Waals surface area contributed by atoms with Gasteiger partial charge in [-0.05, 0) is 48.2 Å². The molecule has 7 nitrogen and oxygen atoms in total. The molecule has 31 heavy (non-hydrogen) atoms. The van der Waals surface area contributed by atoms with Crippen LogP contribution in [0.1, 0.15) is 11.1 Å². The summed E-state index contributed by atoms with van der Waals surface area (Å²) in [5.74, 6) is -1.60. The summed E-state index contributed by atoms with van der Waals surface area (Å²) < 4.78 is 31.7. The van der Waals surface area contributed by atoms with Gasteiger partial charge in [0.25, 0.3) is 0 Å². The second-order valence-electron chi connectivity index (χ2n) is 6.53. The first-order chi connectivity index (χ1) is 14.6. The van der Waals surface area contributed by atoms with Crippen molar-refractivity contribution in [2.45, 2.75) is 19.0 Å². The summed E-state index contributed by atoms with van der Waals surface area (Å²) in [4.78, 5) is 17.5. The summed E-state index contributed by atoms with van der Waals surface area (Å²) in [6.45, 7) is 0. The summed E-state index contributed by atoms with van der Waals surface area (Å²) in [5.41, 5.74) is 3.91. The number of carbonyl (C=O) groups is 1. The Kier molecular flexibility index (Phi) is 6.50. The third kappa shape index (κ3) is 6.22. The SMILES string of the molecule is O=C(O)C(F)(F)F.Oc1cc2cc(c1)Nc1nc(ncc1Cl)Nc1cccc(c1)CC2. The molecule has 0 fully saturated rings. The van der Waals surface area contributed by atoms with E-state index in [1.165, 1.54) is 5.56 Å². The maximum Gasteiger partial charge on any atom is 0.490 e. The van der Waals surface area contributed by atoms with Crippen molar-refractivity contribution in [3.05, 3.63) is 64.8 Å². The number of nitrogens with one attached hydrogen (secondary N) is 2. The number of fused-ring (bicyclic) bond motifs is 6. The second-order valence-corrected chi connectivity index (χ2v) is 6.94. The van der Waals surface area contributed by atoms with Crippen LogP contribution in [-0.2, 0) is 17.6 Å². The predicted octanol–water partition coefficient (Wildman–Crippen LogP) is 5.05. The number of phenols is 1. The number of halogens is 4. The highest BCUT2D eigenvalue weighted by Gasteiger charge is 2.38. The van der Waals surface area contributed by atoms with Crippen LogP contribution < -0.4 is 10.6 Å². The van der Waals surface area contributed by atoms with Gasteiger partial charge in [-0.3, -0.25) is 0 Å². The van der Waals surface area contributed by atoms with Crippen LogP contribution in [0.15, 0.2) is 48.7 Å². The van der Waals surface area contributed by atoms with E-state index in [0.29, 0.717) is 16.8 Å². The molecule has 0 saturated heterocycles. The highest BCUT2D eigenvalue weighted by molar-refractivity contribution is 6.32. The average Bonchev–Trinajstić information content (AvgIpc) is 2.68. The van der Waals surface area contributed by atoms with E-state index in [0.717, 1.165) is 29.8 Å². The molecular formula is C20H16ClF3N4O3. The molecule has 0 radical (unpaired) electrons. The zero-order chi connectivity index (χ0) is 22.6. The minimum Gasteiger partial charge on any atom is -0.508 e. The fourth-order valence-corrected chi connectivity index (χ4v) is 2.90. The largest absolute Gasteiger partial charge is 0.508 e. The zero-order valence-electron chi connectivity index (χ0n) is 15.7. The van der Waals surface area contributed by atoms with Gasteiger partial charge >= 0.3 is 12.1 Å². The molecular weight excluding hydrogens is 437 g/mol. The summed E-state index contributed by atoms with van der Waals surface area (Å²) >= 11 is 6.20. The van der Waals surface area contributed by atoms with Crippen LogP contribution in [-0.4, -0.2) is 32.3 Å². The Morgan fingerprint density at radius 3 is 2.42 bits per heavy atom. The lowest BCUT2D eigenvalue weighted by molar-refractivity contribution is -0.192. The maximum atomic E-state index is 10.6. The number of anilines is 4. The number of phenolic OH excluding ortho intramolecular Hbond substituents is 1. The minimum atomic E-state index is -5.08. The lowest BCUT2D eigenvalue weighted by Crippen LogP contribution is -2.21. The molecule has 6 bridgehead atoms. The van der Waals surface area contributed by atoms with Gasteiger partial charge in [-0.1, -0.05) is 23.7 Å². The van der Waals surface area contributed by atoms with Gasteiger partial charge in [-0.25, -0.2) is 9.78 Å². The van der Waals surface area contributed by atoms with Gasteiger partial charge < -0.3 is 20.8 Å². The topological polar surface area (TPSA) is 107 Å². The van der Waals surface area contributed by atoms with Gasteiger partial charge in [0.15, 0.2) is 5.82 Å². The van der Waals surface area contributed by atoms with Crippen molar-refractivity contribution in [1.82, 2.24) is 9.97 Å². The van der Waals surface area contributed by atoms with Crippen molar-refractivity contribution in [3.8, 4) is 5.75 Å². The Balaban J connectivity index is 0.000000339. The number of aromatic hydroxyl groups is 1. The first-order valence-electron chi connectivity index (χ1n) is 8.89. The Hall–Kier alpha value is -3.53. The summed E-state index contributed by atoms with van der Waals surface area (Å²) in [6.07, 6.45) is -1.84. The number of aliphatic carboxylic acids is 1. The normalized spacial score (nSPS) is 12.5. The quantitative estimate of drug-likeness (QED) is 0.378. The molecule has 4 rings (SSSR count). The number of carboxylic acid groups (broad SMARTS) is 1. The molecule has 0 amide bonds. The smallest absolute Gasteiger partial charge is 0.490 e. The third-order valence-corrected chi connectivity index (χ3v) is 4.39. The van der Waals surface area contributed by atoms with Crippen LogP contribution in [0.5, 0.6) is 5.75 Å². The monoisotopic (exact) mass is 452 g/mol. The fourth-order valence-electron chi connectivity index (χ4n) is 2.76. The van der Waals surface area contributed by atoms with E-state index in [1.54, 1.807) is 18.3 Å². The van der Waals surface area contributed by atoms with Crippen molar-refractivity contribution < 1.29 is 28.2 Å². The number of rotatable bonds is 0. The third-order valence-electron chi connectivity index (χ3n) is 4.11. The summed E-state index contributed by atoms with van der Waals surface area (Å²) in [7, 11) is 0. The fraction of sp³-hybridized carbons (Fsp3) is 0.150. The van der Waals surface area contributed by atoms with Gasteiger partial charge in [-0.2, -0.15) is 18.2 Å². The molecule has 2 heterocycles. The molecule has 2 aromatic carbocycles. The molecule has 0 saturated carbocycles. The number of alkyl halides is 3. The van der Waals surface area contributed by atoms with Crippen molar-refractivity contribution >= 4 is 40.7 Å². The van der Waals surface area contributed by atoms with Gasteiger partial charge in [0, 0.05) is 17.4 Å². The van der Waals surface area contributed by atoms with Crippen LogP contribution in [0.3, 0.4) is 0 Å². The Morgan fingerprint density at radius 2 is 1.71 bits per heavy atom. The number of aryl methyl sites for hydroxylation is 2. The van der Waals surface area contributed by atoms with Gasteiger partial charge in [0.2, 0.25) is 5.95 Å². The molecule has 1 aliphatic rings. The standard InChI is InChI=1S/C18H15ClN4O.C2HF3O2/c19-16-10-20-18-22-13-3-1-2-11(6-13)4-5-12-7-14(9-15(24)8-12)21-17(16)23-18;3-2(4,5)1(6)7/h1-3,6-10,24H,4-5H2,(H2,20,21,22,23);(H,6,7). The molecule has 4 N–H and O–H groups in total. The Bertz CT molecular complexity index is 1110. The molecule has 1 aliphatic heterocycles. The number of aromatic nitrogens is 2. The van der Waals surface area contributed by atoms with Crippen molar-refractivity contribution in [2.75, 3.05) is 10.6 Å². The van der Waals surface area contributed by atoms with Crippen LogP contribution in [0.4, 0.5) is 36.3 Å². The molecule has 0 spiro atoms. The Labute approximate surface area is 179 Å². The Morgan fingerprint density at radius 1 is 1.03 bits per heavy atom. The van der Waals surface area contributed by atoms with E-state index >= 15 is 0 Å². The van der Waals surface area contributed by atoms with E-state index in [9.17, 15) is 18.3 Å². The first kappa shape index (κ1) is 22.2. The highest BCUT2D eigenvalue weighted by atomic mass is 35.5. The van der Waals surface area contributed by atoms with E-state index in [-0.39, 0.29) is 5.75 Å². The van der Waals surface area contributed by atoms with Crippen LogP contribution in [0.2, 0.25) is 5.02 Å². The predicted molar refractivity (Wildman–Crippen MR) is 109 cm³/mol. The van der Waals surface area contributed by atoms with E-state index < -0.39 is 12.1 Å². The van der Waals surface area contributed by atoms with Crippen LogP contribution >= 0.6 is 11.6 Å². The van der Waals surface area contributed by atoms with Crippen molar-refractivity contribution in [3.63, 3.8) is 0 Å². The number of hydrogen-bond acceptors (Lipinski definition) is 6. The van der Waals surface area contributed by atoms with Gasteiger partial charge in [0.1, 0.15) is 10.8 Å². The lowest BCUT2D eigenvalue weighted by atomic mass is 10.0. The van der Waals surface area contributed by atoms with Gasteiger partial charge in [0.05, 0.1) is 6.20 Å². The summed E-state index contributed by atoms with van der Waals surface area (Å²) in [6, 6.07) is 13.6. The number of carboxylic acids is 1. The van der Waals surface area contributed by atoms with Crippen LogP contribution in [0.25, 0.3) is 0 Å². The zero-order valence-corrected chi connectivity index (χ0v) is 16.5. The number of benzene rings is 2. The van der Waals surface area contributed by atoms with Crippen molar-refractivity contribution in [2.24, 2.45) is 0 Å². The molecule has 162 valence electrons. The molecule has 1 aromatic heterocycles. The number of hydrogen-bond donors (Lipinski definition) is 4. The molecule has 3 aromatic rings. The molecule has 0 unspecified atom stereocenters. The van der Waals surface area contributed by atoms with E-state index in [4.69, 9.17) is 21.5 Å². The highest BCUT2D eigenvalue weighted by Crippen LogP contribution is 2.29. The second kappa shape index (κ2) is 9.09. The first-order valence-corrected chi connectivity index (χ1v) is 9.26. The molecule has 0 atom stereocenters. The van der Waals surface area contributed by atoms with Gasteiger partial charge in [-0.15, -0.1) is 0 Å². The molecule has 0 aliphatic carbocycles. The summed E-state index contributed by atoms with van der Waals surface area (Å²) in [5, 5.41) is 23.9. The maximum absolute atomic E-state index is 10.6.